The Morgan fingerprint density at radius 2 is 1.59 bits per heavy atom. The Labute approximate surface area is 220 Å². The topological polar surface area (TPSA) is 79.6 Å². The maximum absolute atomic E-state index is 14.0. The van der Waals surface area contributed by atoms with E-state index in [0.29, 0.717) is 41.5 Å². The summed E-state index contributed by atoms with van der Waals surface area (Å²) in [5.74, 6) is -0.251. The van der Waals surface area contributed by atoms with Gasteiger partial charge in [-0.3, -0.25) is 5.32 Å². The van der Waals surface area contributed by atoms with Crippen LogP contribution < -0.4 is 16.4 Å². The van der Waals surface area contributed by atoms with E-state index >= 15 is 0 Å². The third-order valence-corrected chi connectivity index (χ3v) is 5.60. The fraction of sp³-hybridized carbons (Fsp3) is 0.300. The molecule has 0 aliphatic heterocycles. The number of unbranched alkanes of at least 4 members (excludes halogenated alkanes) is 1. The van der Waals surface area contributed by atoms with Gasteiger partial charge >= 0.3 is 6.09 Å². The van der Waals surface area contributed by atoms with E-state index < -0.39 is 6.09 Å². The number of hydrogen-bond acceptors (Lipinski definition) is 5. The van der Waals surface area contributed by atoms with Crippen LogP contribution in [0.1, 0.15) is 37.8 Å². The van der Waals surface area contributed by atoms with Crippen LogP contribution in [-0.4, -0.2) is 38.2 Å². The maximum atomic E-state index is 14.0. The van der Waals surface area contributed by atoms with Crippen molar-refractivity contribution in [3.63, 3.8) is 0 Å². The number of halogens is 1. The van der Waals surface area contributed by atoms with Crippen molar-refractivity contribution in [2.24, 2.45) is 0 Å². The number of nitrogens with two attached hydrogens (primary N) is 1. The van der Waals surface area contributed by atoms with Crippen molar-refractivity contribution in [2.45, 2.75) is 33.6 Å². The van der Waals surface area contributed by atoms with Gasteiger partial charge in [0.2, 0.25) is 0 Å². The van der Waals surface area contributed by atoms with Crippen molar-refractivity contribution in [1.29, 1.82) is 0 Å². The van der Waals surface area contributed by atoms with E-state index in [4.69, 9.17) is 10.5 Å². The van der Waals surface area contributed by atoms with Gasteiger partial charge in [-0.15, -0.1) is 0 Å². The summed E-state index contributed by atoms with van der Waals surface area (Å²) in [5, 5.41) is 5.93. The van der Waals surface area contributed by atoms with Crippen LogP contribution >= 0.6 is 0 Å². The van der Waals surface area contributed by atoms with E-state index in [1.807, 2.05) is 49.3 Å². The Balaban J connectivity index is 0.00000112. The fourth-order valence-corrected chi connectivity index (χ4v) is 3.08. The molecule has 0 saturated heterocycles. The zero-order valence-electron chi connectivity index (χ0n) is 22.5. The van der Waals surface area contributed by atoms with Crippen molar-refractivity contribution in [3.8, 4) is 11.1 Å². The molecule has 0 radical (unpaired) electrons. The molecule has 0 aliphatic carbocycles. The highest BCUT2D eigenvalue weighted by Gasteiger charge is 2.09. The molecule has 0 spiro atoms. The number of rotatable bonds is 9. The standard InChI is InChI=1S/C26H29FN4O2.C4H10/c1-17-5-6-20(15-23(17)27)21-9-12-24(28)25(16-21)29-18(2)19-7-10-22(11-8-19)30-26(32)33-14-13-31(3)4;1-3-4-2/h5-12,15-16,29H,2,13-14,28H2,1,3-4H3,(H,30,32);3-4H2,1-2H3. The number of amides is 1. The Kier molecular flexibility index (Phi) is 11.6. The molecule has 0 unspecified atom stereocenters. The lowest BCUT2D eigenvalue weighted by atomic mass is 10.0. The average Bonchev–Trinajstić information content (AvgIpc) is 2.87. The number of likely N-dealkylation sites (N-methyl/N-ethyl adjacent to an activating group) is 1. The van der Waals surface area contributed by atoms with Crippen molar-refractivity contribution in [1.82, 2.24) is 4.90 Å². The number of nitrogens with zero attached hydrogens (tertiary/aromatic N) is 1. The highest BCUT2D eigenvalue weighted by molar-refractivity contribution is 5.87. The van der Waals surface area contributed by atoms with Gasteiger partial charge in [0.1, 0.15) is 12.4 Å². The van der Waals surface area contributed by atoms with Gasteiger partial charge in [-0.05, 0) is 73.6 Å². The fourth-order valence-electron chi connectivity index (χ4n) is 3.08. The molecule has 1 amide bonds. The van der Waals surface area contributed by atoms with Crippen molar-refractivity contribution < 1.29 is 13.9 Å². The molecule has 0 fully saturated rings. The molecule has 198 valence electrons. The second-order valence-corrected chi connectivity index (χ2v) is 9.01. The SMILES string of the molecule is C=C(Nc1cc(-c2ccc(C)c(F)c2)ccc1N)c1ccc(NC(=O)OCCN(C)C)cc1.CCCC. The summed E-state index contributed by atoms with van der Waals surface area (Å²) in [5.41, 5.74) is 11.6. The summed E-state index contributed by atoms with van der Waals surface area (Å²) in [6, 6.07) is 17.8. The largest absolute Gasteiger partial charge is 0.448 e. The summed E-state index contributed by atoms with van der Waals surface area (Å²) in [6.45, 7) is 11.2. The summed E-state index contributed by atoms with van der Waals surface area (Å²) in [4.78, 5) is 13.8. The number of carbonyl (C=O) groups is 1. The second-order valence-electron chi connectivity index (χ2n) is 9.01. The van der Waals surface area contributed by atoms with Crippen LogP contribution in [0.15, 0.2) is 67.2 Å². The molecular weight excluding hydrogens is 467 g/mol. The first kappa shape index (κ1) is 29.4. The highest BCUT2D eigenvalue weighted by atomic mass is 19.1. The number of ether oxygens (including phenoxy) is 1. The monoisotopic (exact) mass is 506 g/mol. The Morgan fingerprint density at radius 1 is 0.973 bits per heavy atom. The first-order chi connectivity index (χ1) is 17.6. The molecule has 3 aromatic rings. The van der Waals surface area contributed by atoms with E-state index in [0.717, 1.165) is 16.7 Å². The van der Waals surface area contributed by atoms with Gasteiger partial charge in [-0.2, -0.15) is 0 Å². The third kappa shape index (κ3) is 9.61. The van der Waals surface area contributed by atoms with Crippen LogP contribution in [0.3, 0.4) is 0 Å². The van der Waals surface area contributed by atoms with Gasteiger partial charge in [-0.25, -0.2) is 9.18 Å². The summed E-state index contributed by atoms with van der Waals surface area (Å²) < 4.78 is 19.1. The summed E-state index contributed by atoms with van der Waals surface area (Å²) in [6.07, 6.45) is 2.14. The van der Waals surface area contributed by atoms with E-state index in [1.165, 1.54) is 18.9 Å². The van der Waals surface area contributed by atoms with Crippen molar-refractivity contribution >= 4 is 28.9 Å². The number of carbonyl (C=O) groups excluding carboxylic acids is 1. The number of nitrogen functional groups attached to an aromatic ring is 1. The first-order valence-electron chi connectivity index (χ1n) is 12.5. The minimum absolute atomic E-state index is 0.251. The molecule has 3 aromatic carbocycles. The van der Waals surface area contributed by atoms with Gasteiger partial charge in [0.25, 0.3) is 0 Å². The zero-order chi connectivity index (χ0) is 27.4. The molecule has 4 N–H and O–H groups in total. The van der Waals surface area contributed by atoms with E-state index in [9.17, 15) is 9.18 Å². The molecule has 0 atom stereocenters. The zero-order valence-corrected chi connectivity index (χ0v) is 22.5. The highest BCUT2D eigenvalue weighted by Crippen LogP contribution is 2.30. The number of hydrogen-bond donors (Lipinski definition) is 3. The number of nitrogens with one attached hydrogen (secondary N) is 2. The van der Waals surface area contributed by atoms with Crippen LogP contribution in [0, 0.1) is 12.7 Å². The molecule has 6 nitrogen and oxygen atoms in total. The number of aryl methyl sites for hydroxylation is 1. The minimum Gasteiger partial charge on any atom is -0.448 e. The Hall–Kier alpha value is -3.84. The first-order valence-corrected chi connectivity index (χ1v) is 12.5. The molecule has 0 heterocycles. The van der Waals surface area contributed by atoms with Crippen LogP contribution in [0.5, 0.6) is 0 Å². The lowest BCUT2D eigenvalue weighted by Crippen LogP contribution is -2.22. The van der Waals surface area contributed by atoms with Gasteiger partial charge in [0, 0.05) is 17.9 Å². The smallest absolute Gasteiger partial charge is 0.411 e. The van der Waals surface area contributed by atoms with Gasteiger partial charge in [0.05, 0.1) is 11.4 Å². The third-order valence-electron chi connectivity index (χ3n) is 5.60. The van der Waals surface area contributed by atoms with Crippen molar-refractivity contribution in [3.05, 3.63) is 84.2 Å². The van der Waals surface area contributed by atoms with E-state index in [-0.39, 0.29) is 5.82 Å². The van der Waals surface area contributed by atoms with Gasteiger partial charge in [0.15, 0.2) is 0 Å². The van der Waals surface area contributed by atoms with Crippen LogP contribution in [0.2, 0.25) is 0 Å². The Bertz CT molecular complexity index is 1170. The number of benzene rings is 3. The molecule has 3 rings (SSSR count). The Morgan fingerprint density at radius 3 is 2.19 bits per heavy atom. The second kappa shape index (κ2) is 14.7. The van der Waals surface area contributed by atoms with Crippen LogP contribution in [0.4, 0.5) is 26.2 Å². The molecular formula is C30H39FN4O2. The molecule has 0 aliphatic rings. The van der Waals surface area contributed by atoms with Crippen LogP contribution in [-0.2, 0) is 4.74 Å². The molecule has 7 heteroatoms. The summed E-state index contributed by atoms with van der Waals surface area (Å²) >= 11 is 0. The summed E-state index contributed by atoms with van der Waals surface area (Å²) in [7, 11) is 3.82. The minimum atomic E-state index is -0.501. The lowest BCUT2D eigenvalue weighted by Gasteiger charge is -2.15. The number of anilines is 3. The quantitative estimate of drug-likeness (QED) is 0.264. The van der Waals surface area contributed by atoms with E-state index in [1.54, 1.807) is 31.2 Å². The average molecular weight is 507 g/mol. The van der Waals surface area contributed by atoms with Gasteiger partial charge in [-0.1, -0.05) is 63.6 Å². The predicted octanol–water partition coefficient (Wildman–Crippen LogP) is 7.38. The molecule has 0 aromatic heterocycles. The lowest BCUT2D eigenvalue weighted by molar-refractivity contribution is 0.151. The molecule has 0 bridgehead atoms. The molecule has 0 saturated carbocycles. The normalized spacial score (nSPS) is 10.4. The molecule has 37 heavy (non-hydrogen) atoms. The van der Waals surface area contributed by atoms with Gasteiger partial charge < -0.3 is 20.7 Å². The maximum Gasteiger partial charge on any atom is 0.411 e. The van der Waals surface area contributed by atoms with Crippen LogP contribution in [0.25, 0.3) is 16.8 Å². The predicted molar refractivity (Wildman–Crippen MR) is 154 cm³/mol. The van der Waals surface area contributed by atoms with Crippen molar-refractivity contribution in [2.75, 3.05) is 43.6 Å². The van der Waals surface area contributed by atoms with E-state index in [2.05, 4.69) is 31.1 Å².